The van der Waals surface area contributed by atoms with Gasteiger partial charge in [-0.2, -0.15) is 0 Å². The topological polar surface area (TPSA) is 29.5 Å². The SMILES string of the molecule is O=C1C(c2ccccc2)=C(c2ccccc2)O[C@@]2(c3ccccc3)C[C@@H](c3ccc(Cl)cc3)Sc3ccccc3N12. The van der Waals surface area contributed by atoms with Gasteiger partial charge in [-0.15, -0.1) is 11.8 Å². The summed E-state index contributed by atoms with van der Waals surface area (Å²) in [7, 11) is 0. The fraction of sp³-hybridized carbons (Fsp3) is 0.0833. The van der Waals surface area contributed by atoms with Gasteiger partial charge in [0.15, 0.2) is 0 Å². The molecule has 3 nitrogen and oxygen atoms in total. The number of ether oxygens (including phenoxy) is 1. The molecule has 0 saturated carbocycles. The second-order valence-electron chi connectivity index (χ2n) is 10.2. The summed E-state index contributed by atoms with van der Waals surface area (Å²) in [5.41, 5.74) is 4.01. The van der Waals surface area contributed by atoms with Gasteiger partial charge in [-0.3, -0.25) is 9.69 Å². The zero-order valence-electron chi connectivity index (χ0n) is 22.1. The predicted octanol–water partition coefficient (Wildman–Crippen LogP) is 9.36. The number of carbonyl (C=O) groups excluding carboxylic acids is 1. The van der Waals surface area contributed by atoms with Crippen LogP contribution in [0, 0.1) is 0 Å². The van der Waals surface area contributed by atoms with Gasteiger partial charge in [-0.1, -0.05) is 127 Å². The van der Waals surface area contributed by atoms with Crippen LogP contribution in [0.5, 0.6) is 0 Å². The van der Waals surface area contributed by atoms with E-state index in [9.17, 15) is 0 Å². The first kappa shape index (κ1) is 25.7. The highest BCUT2D eigenvalue weighted by Crippen LogP contribution is 2.58. The number of halogens is 1. The van der Waals surface area contributed by atoms with E-state index >= 15 is 4.79 Å². The van der Waals surface area contributed by atoms with Crippen LogP contribution in [0.1, 0.15) is 33.9 Å². The summed E-state index contributed by atoms with van der Waals surface area (Å²) < 4.78 is 7.35. The molecule has 0 aromatic heterocycles. The number of nitrogens with zero attached hydrogens (tertiary/aromatic N) is 1. The molecule has 2 aliphatic rings. The van der Waals surface area contributed by atoms with E-state index in [1.54, 1.807) is 11.8 Å². The van der Waals surface area contributed by atoms with Crippen molar-refractivity contribution in [3.63, 3.8) is 0 Å². The van der Waals surface area contributed by atoms with Crippen LogP contribution in [-0.2, 0) is 15.3 Å². The summed E-state index contributed by atoms with van der Waals surface area (Å²) >= 11 is 8.04. The lowest BCUT2D eigenvalue weighted by molar-refractivity contribution is -0.120. The van der Waals surface area contributed by atoms with Crippen molar-refractivity contribution in [2.45, 2.75) is 22.3 Å². The number of hydrogen-bond donors (Lipinski definition) is 0. The molecule has 0 N–H and O–H groups in total. The molecular formula is C36H26ClNO2S. The van der Waals surface area contributed by atoms with Gasteiger partial charge in [-0.25, -0.2) is 0 Å². The number of carbonyl (C=O) groups is 1. The Hall–Kier alpha value is -4.25. The number of anilines is 1. The van der Waals surface area contributed by atoms with Crippen LogP contribution >= 0.6 is 23.4 Å². The molecule has 0 aliphatic carbocycles. The van der Waals surface area contributed by atoms with Gasteiger partial charge in [0.05, 0.1) is 11.3 Å². The van der Waals surface area contributed by atoms with Crippen molar-refractivity contribution < 1.29 is 9.53 Å². The van der Waals surface area contributed by atoms with E-state index in [-0.39, 0.29) is 11.2 Å². The van der Waals surface area contributed by atoms with Gasteiger partial charge in [0.1, 0.15) is 5.76 Å². The average molecular weight is 572 g/mol. The summed E-state index contributed by atoms with van der Waals surface area (Å²) in [4.78, 5) is 18.0. The molecule has 5 aromatic rings. The van der Waals surface area contributed by atoms with Gasteiger partial charge in [0.2, 0.25) is 5.72 Å². The maximum atomic E-state index is 15.1. The molecule has 7 rings (SSSR count). The number of para-hydroxylation sites is 1. The molecule has 200 valence electrons. The van der Waals surface area contributed by atoms with Crippen molar-refractivity contribution in [2.24, 2.45) is 0 Å². The predicted molar refractivity (Wildman–Crippen MR) is 167 cm³/mol. The molecule has 2 heterocycles. The highest BCUT2D eigenvalue weighted by atomic mass is 35.5. The quantitative estimate of drug-likeness (QED) is 0.215. The molecule has 5 aromatic carbocycles. The normalized spacial score (nSPS) is 20.1. The molecule has 0 spiro atoms. The van der Waals surface area contributed by atoms with Crippen molar-refractivity contribution in [3.05, 3.63) is 167 Å². The Morgan fingerprint density at radius 3 is 1.98 bits per heavy atom. The average Bonchev–Trinajstić information content (AvgIpc) is 3.18. The first-order valence-electron chi connectivity index (χ1n) is 13.6. The maximum Gasteiger partial charge on any atom is 0.266 e. The summed E-state index contributed by atoms with van der Waals surface area (Å²) in [6.07, 6.45) is 0.530. The second-order valence-corrected chi connectivity index (χ2v) is 11.8. The van der Waals surface area contributed by atoms with E-state index in [0.29, 0.717) is 22.8 Å². The molecule has 0 saturated heterocycles. The molecule has 2 atom stereocenters. The summed E-state index contributed by atoms with van der Waals surface area (Å²) in [5, 5.41) is 0.680. The van der Waals surface area contributed by atoms with Gasteiger partial charge in [0, 0.05) is 32.7 Å². The lowest BCUT2D eigenvalue weighted by Gasteiger charge is -2.48. The Kier molecular flexibility index (Phi) is 6.66. The Bertz CT molecular complexity index is 1740. The summed E-state index contributed by atoms with van der Waals surface area (Å²) in [6, 6.07) is 46.1. The minimum Gasteiger partial charge on any atom is -0.462 e. The summed E-state index contributed by atoms with van der Waals surface area (Å²) in [6.45, 7) is 0. The highest BCUT2D eigenvalue weighted by Gasteiger charge is 2.54. The third-order valence-corrected chi connectivity index (χ3v) is 9.25. The Labute approximate surface area is 249 Å². The number of rotatable bonds is 4. The smallest absolute Gasteiger partial charge is 0.266 e. The standard InChI is InChI=1S/C36H26ClNO2S/c37-29-22-20-25(21-23-29)32-24-36(28-16-8-3-9-17-28)38(30-18-10-11-19-31(30)41-32)35(39)33(26-12-4-1-5-13-26)34(40-36)27-14-6-2-7-15-27/h1-23,32H,24H2/t32-,36+/m0/s1. The highest BCUT2D eigenvalue weighted by molar-refractivity contribution is 7.99. The molecule has 0 unspecified atom stereocenters. The van der Waals surface area contributed by atoms with Crippen LogP contribution in [0.25, 0.3) is 11.3 Å². The first-order valence-corrected chi connectivity index (χ1v) is 14.9. The molecule has 41 heavy (non-hydrogen) atoms. The molecule has 0 radical (unpaired) electrons. The van der Waals surface area contributed by atoms with E-state index in [1.165, 1.54) is 0 Å². The molecule has 0 fully saturated rings. The zero-order valence-corrected chi connectivity index (χ0v) is 23.7. The molecule has 1 amide bonds. The number of thioether (sulfide) groups is 1. The van der Waals surface area contributed by atoms with Crippen LogP contribution in [0.4, 0.5) is 5.69 Å². The van der Waals surface area contributed by atoms with E-state index < -0.39 is 5.72 Å². The van der Waals surface area contributed by atoms with Crippen molar-refractivity contribution in [1.29, 1.82) is 0 Å². The lowest BCUT2D eigenvalue weighted by atomic mass is 9.87. The van der Waals surface area contributed by atoms with Crippen LogP contribution in [0.2, 0.25) is 5.02 Å². The van der Waals surface area contributed by atoms with Crippen molar-refractivity contribution in [3.8, 4) is 0 Å². The number of fused-ring (bicyclic) bond motifs is 3. The number of hydrogen-bond acceptors (Lipinski definition) is 3. The fourth-order valence-corrected chi connectivity index (χ4v) is 7.26. The van der Waals surface area contributed by atoms with Crippen molar-refractivity contribution in [2.75, 3.05) is 4.90 Å². The Balaban J connectivity index is 1.54. The van der Waals surface area contributed by atoms with Crippen LogP contribution in [0.15, 0.2) is 144 Å². The Morgan fingerprint density at radius 2 is 1.29 bits per heavy atom. The lowest BCUT2D eigenvalue weighted by Crippen LogP contribution is -2.55. The van der Waals surface area contributed by atoms with Gasteiger partial charge >= 0.3 is 0 Å². The maximum absolute atomic E-state index is 15.1. The number of benzene rings is 5. The monoisotopic (exact) mass is 571 g/mol. The van der Waals surface area contributed by atoms with E-state index in [1.807, 2.05) is 114 Å². The summed E-state index contributed by atoms with van der Waals surface area (Å²) in [5.74, 6) is 0.496. The second kappa shape index (κ2) is 10.6. The fourth-order valence-electron chi connectivity index (χ4n) is 5.78. The molecule has 2 aliphatic heterocycles. The molecule has 5 heteroatoms. The van der Waals surface area contributed by atoms with E-state index in [4.69, 9.17) is 16.3 Å². The van der Waals surface area contributed by atoms with Crippen molar-refractivity contribution in [1.82, 2.24) is 0 Å². The van der Waals surface area contributed by atoms with Crippen LogP contribution < -0.4 is 4.90 Å². The molecular weight excluding hydrogens is 546 g/mol. The number of amides is 1. The Morgan fingerprint density at radius 1 is 0.707 bits per heavy atom. The van der Waals surface area contributed by atoms with Gasteiger partial charge in [0.25, 0.3) is 5.91 Å². The third-order valence-electron chi connectivity index (χ3n) is 7.68. The van der Waals surface area contributed by atoms with Crippen molar-refractivity contribution >= 4 is 46.3 Å². The van der Waals surface area contributed by atoms with Crippen LogP contribution in [0.3, 0.4) is 0 Å². The van der Waals surface area contributed by atoms with Crippen LogP contribution in [-0.4, -0.2) is 5.91 Å². The minimum atomic E-state index is -1.11. The van der Waals surface area contributed by atoms with E-state index in [0.717, 1.165) is 32.8 Å². The van der Waals surface area contributed by atoms with Gasteiger partial charge < -0.3 is 4.74 Å². The van der Waals surface area contributed by atoms with E-state index in [2.05, 4.69) is 30.3 Å². The largest absolute Gasteiger partial charge is 0.462 e. The molecule has 0 bridgehead atoms. The van der Waals surface area contributed by atoms with Gasteiger partial charge in [-0.05, 0) is 35.4 Å². The minimum absolute atomic E-state index is 0.0123. The first-order chi connectivity index (χ1) is 20.1. The zero-order chi connectivity index (χ0) is 27.8. The third kappa shape index (κ3) is 4.54.